The molecule has 0 spiro atoms. The van der Waals surface area contributed by atoms with Gasteiger partial charge in [-0.1, -0.05) is 12.1 Å². The minimum Gasteiger partial charge on any atom is -0.321 e. The maximum atomic E-state index is 13.6. The van der Waals surface area contributed by atoms with Crippen molar-refractivity contribution in [3.05, 3.63) is 76.0 Å². The molecule has 0 unspecified atom stereocenters. The second-order valence-corrected chi connectivity index (χ2v) is 7.64. The molecule has 0 atom stereocenters. The molecule has 0 aliphatic rings. The van der Waals surface area contributed by atoms with Crippen molar-refractivity contribution in [2.45, 2.75) is 4.90 Å². The van der Waals surface area contributed by atoms with Crippen LogP contribution in [0, 0.1) is 23.3 Å². The van der Waals surface area contributed by atoms with E-state index in [-0.39, 0.29) is 17.7 Å². The van der Waals surface area contributed by atoms with Crippen LogP contribution in [-0.4, -0.2) is 17.6 Å². The minimum atomic E-state index is -1.68. The molecule has 10 heteroatoms. The van der Waals surface area contributed by atoms with Crippen molar-refractivity contribution in [3.63, 3.8) is 0 Å². The standard InChI is InChI=1S/C19H12F4N2O2S2/c20-12-8-13(21)17(23)18(16(12)22)25-15(26)9-29-11-4-1-3-10(7-11)24-19(27)14-5-2-6-28-14/h1-8H,9H2,(H,24,27)(H,25,26). The highest BCUT2D eigenvalue weighted by molar-refractivity contribution is 8.00. The number of benzene rings is 2. The largest absolute Gasteiger partial charge is 0.321 e. The van der Waals surface area contributed by atoms with E-state index in [4.69, 9.17) is 0 Å². The number of carbonyl (C=O) groups is 2. The smallest absolute Gasteiger partial charge is 0.265 e. The molecule has 4 nitrogen and oxygen atoms in total. The number of carbonyl (C=O) groups excluding carboxylic acids is 2. The fourth-order valence-electron chi connectivity index (χ4n) is 2.27. The summed E-state index contributed by atoms with van der Waals surface area (Å²) in [5.41, 5.74) is -0.678. The van der Waals surface area contributed by atoms with Crippen molar-refractivity contribution < 1.29 is 27.2 Å². The Morgan fingerprint density at radius 2 is 1.66 bits per heavy atom. The van der Waals surface area contributed by atoms with Gasteiger partial charge in [0.2, 0.25) is 5.91 Å². The summed E-state index contributed by atoms with van der Waals surface area (Å²) in [6, 6.07) is 10.1. The van der Waals surface area contributed by atoms with E-state index in [2.05, 4.69) is 5.32 Å². The van der Waals surface area contributed by atoms with Crippen LogP contribution in [0.2, 0.25) is 0 Å². The van der Waals surface area contributed by atoms with Gasteiger partial charge in [0.05, 0.1) is 10.6 Å². The molecule has 1 heterocycles. The van der Waals surface area contributed by atoms with Crippen molar-refractivity contribution in [2.24, 2.45) is 0 Å². The molecular formula is C19H12F4N2O2S2. The normalized spacial score (nSPS) is 10.6. The van der Waals surface area contributed by atoms with Crippen molar-refractivity contribution >= 4 is 46.3 Å². The maximum Gasteiger partial charge on any atom is 0.265 e. The Morgan fingerprint density at radius 1 is 0.931 bits per heavy atom. The molecule has 3 aromatic rings. The first-order valence-electron chi connectivity index (χ1n) is 8.05. The molecule has 150 valence electrons. The number of amides is 2. The van der Waals surface area contributed by atoms with Gasteiger partial charge in [-0.05, 0) is 29.6 Å². The summed E-state index contributed by atoms with van der Waals surface area (Å²) in [7, 11) is 0. The molecule has 3 rings (SSSR count). The summed E-state index contributed by atoms with van der Waals surface area (Å²) in [5.74, 6) is -7.99. The summed E-state index contributed by atoms with van der Waals surface area (Å²) in [4.78, 5) is 25.2. The molecule has 2 aromatic carbocycles. The van der Waals surface area contributed by atoms with Crippen molar-refractivity contribution in [2.75, 3.05) is 16.4 Å². The number of halogens is 4. The Balaban J connectivity index is 1.62. The Hall–Kier alpha value is -2.85. The van der Waals surface area contributed by atoms with E-state index < -0.39 is 34.9 Å². The van der Waals surface area contributed by atoms with Crippen LogP contribution in [-0.2, 0) is 4.79 Å². The number of thiophene rings is 1. The number of anilines is 2. The third kappa shape index (κ3) is 5.15. The monoisotopic (exact) mass is 440 g/mol. The Morgan fingerprint density at radius 3 is 2.31 bits per heavy atom. The summed E-state index contributed by atoms with van der Waals surface area (Å²) < 4.78 is 53.6. The number of hydrogen-bond donors (Lipinski definition) is 2. The van der Waals surface area contributed by atoms with Crippen LogP contribution in [0.4, 0.5) is 28.9 Å². The minimum absolute atomic E-state index is 0.0606. The lowest BCUT2D eigenvalue weighted by Crippen LogP contribution is -2.17. The van der Waals surface area contributed by atoms with E-state index >= 15 is 0 Å². The van der Waals surface area contributed by atoms with E-state index in [1.165, 1.54) is 11.3 Å². The number of hydrogen-bond acceptors (Lipinski definition) is 4. The second kappa shape index (κ2) is 9.10. The zero-order valence-electron chi connectivity index (χ0n) is 14.5. The van der Waals surface area contributed by atoms with Crippen LogP contribution in [0.25, 0.3) is 0 Å². The summed E-state index contributed by atoms with van der Waals surface area (Å²) in [5, 5.41) is 6.33. The van der Waals surface area contributed by atoms with Gasteiger partial charge in [-0.25, -0.2) is 17.6 Å². The fraction of sp³-hybridized carbons (Fsp3) is 0.0526. The van der Waals surface area contributed by atoms with Crippen molar-refractivity contribution in [1.29, 1.82) is 0 Å². The van der Waals surface area contributed by atoms with Gasteiger partial charge in [0.25, 0.3) is 5.91 Å². The SMILES string of the molecule is O=C(CSc1cccc(NC(=O)c2cccs2)c1)Nc1c(F)c(F)cc(F)c1F. The topological polar surface area (TPSA) is 58.2 Å². The van der Waals surface area contributed by atoms with E-state index in [1.807, 2.05) is 5.32 Å². The molecule has 0 saturated heterocycles. The molecule has 0 aliphatic carbocycles. The molecule has 0 aliphatic heterocycles. The Bertz CT molecular complexity index is 1030. The summed E-state index contributed by atoms with van der Waals surface area (Å²) in [6.07, 6.45) is 0. The lowest BCUT2D eigenvalue weighted by Gasteiger charge is -2.09. The van der Waals surface area contributed by atoms with Crippen molar-refractivity contribution in [1.82, 2.24) is 0 Å². The Kier molecular flexibility index (Phi) is 6.55. The number of nitrogens with one attached hydrogen (secondary N) is 2. The van der Waals surface area contributed by atoms with Crippen LogP contribution in [0.5, 0.6) is 0 Å². The zero-order valence-corrected chi connectivity index (χ0v) is 16.1. The van der Waals surface area contributed by atoms with Gasteiger partial charge in [0, 0.05) is 16.6 Å². The lowest BCUT2D eigenvalue weighted by molar-refractivity contribution is -0.113. The zero-order chi connectivity index (χ0) is 21.0. The molecule has 29 heavy (non-hydrogen) atoms. The van der Waals surface area contributed by atoms with Gasteiger partial charge in [-0.15, -0.1) is 23.1 Å². The molecule has 0 saturated carbocycles. The first-order valence-corrected chi connectivity index (χ1v) is 9.92. The van der Waals surface area contributed by atoms with E-state index in [0.717, 1.165) is 11.8 Å². The second-order valence-electron chi connectivity index (χ2n) is 5.64. The van der Waals surface area contributed by atoms with Gasteiger partial charge >= 0.3 is 0 Å². The third-order valence-electron chi connectivity index (χ3n) is 3.58. The first-order chi connectivity index (χ1) is 13.8. The summed E-state index contributed by atoms with van der Waals surface area (Å²) in [6.45, 7) is 0. The Labute approximate surface area is 170 Å². The average Bonchev–Trinajstić information content (AvgIpc) is 3.23. The van der Waals surface area contributed by atoms with Gasteiger partial charge in [0.15, 0.2) is 23.3 Å². The van der Waals surface area contributed by atoms with E-state index in [1.54, 1.807) is 41.8 Å². The number of rotatable bonds is 6. The molecule has 0 bridgehead atoms. The molecule has 1 aromatic heterocycles. The molecule has 2 amide bonds. The quantitative estimate of drug-likeness (QED) is 0.311. The summed E-state index contributed by atoms with van der Waals surface area (Å²) >= 11 is 2.30. The highest BCUT2D eigenvalue weighted by Crippen LogP contribution is 2.26. The van der Waals surface area contributed by atoms with Crippen LogP contribution >= 0.6 is 23.1 Å². The highest BCUT2D eigenvalue weighted by Gasteiger charge is 2.21. The van der Waals surface area contributed by atoms with Crippen LogP contribution < -0.4 is 10.6 Å². The predicted molar refractivity (Wildman–Crippen MR) is 104 cm³/mol. The van der Waals surface area contributed by atoms with Gasteiger partial charge in [-0.2, -0.15) is 0 Å². The van der Waals surface area contributed by atoms with Crippen molar-refractivity contribution in [3.8, 4) is 0 Å². The predicted octanol–water partition coefficient (Wildman–Crippen LogP) is 5.29. The fourth-order valence-corrected chi connectivity index (χ4v) is 3.65. The van der Waals surface area contributed by atoms with E-state index in [9.17, 15) is 27.2 Å². The third-order valence-corrected chi connectivity index (χ3v) is 5.45. The van der Waals surface area contributed by atoms with Crippen LogP contribution in [0.15, 0.2) is 52.7 Å². The highest BCUT2D eigenvalue weighted by atomic mass is 32.2. The van der Waals surface area contributed by atoms with Gasteiger partial charge < -0.3 is 10.6 Å². The average molecular weight is 440 g/mol. The molecule has 0 radical (unpaired) electrons. The lowest BCUT2D eigenvalue weighted by atomic mass is 10.2. The van der Waals surface area contributed by atoms with E-state index in [0.29, 0.717) is 15.5 Å². The van der Waals surface area contributed by atoms with Crippen LogP contribution in [0.1, 0.15) is 9.67 Å². The molecular weight excluding hydrogens is 428 g/mol. The van der Waals surface area contributed by atoms with Gasteiger partial charge in [0.1, 0.15) is 5.69 Å². The molecule has 2 N–H and O–H groups in total. The van der Waals surface area contributed by atoms with Gasteiger partial charge in [-0.3, -0.25) is 9.59 Å². The molecule has 0 fully saturated rings. The maximum absolute atomic E-state index is 13.6. The number of thioether (sulfide) groups is 1. The first kappa shape index (κ1) is 20.9. The van der Waals surface area contributed by atoms with Crippen LogP contribution in [0.3, 0.4) is 0 Å².